The van der Waals surface area contributed by atoms with Crippen LogP contribution in [0.2, 0.25) is 0 Å². The Morgan fingerprint density at radius 1 is 1.27 bits per heavy atom. The Kier molecular flexibility index (Phi) is 3.55. The van der Waals surface area contributed by atoms with Gasteiger partial charge in [0.2, 0.25) is 0 Å². The van der Waals surface area contributed by atoms with Crippen molar-refractivity contribution >= 4 is 16.9 Å². The van der Waals surface area contributed by atoms with Crippen LogP contribution >= 0.6 is 0 Å². The molecule has 5 heteroatoms. The third-order valence-corrected chi connectivity index (χ3v) is 3.54. The van der Waals surface area contributed by atoms with E-state index in [2.05, 4.69) is 0 Å². The van der Waals surface area contributed by atoms with Crippen LogP contribution in [-0.4, -0.2) is 15.6 Å². The lowest BCUT2D eigenvalue weighted by molar-refractivity contribution is 0.0697. The van der Waals surface area contributed by atoms with Gasteiger partial charge in [-0.25, -0.2) is 9.18 Å². The number of aryl methyl sites for hydroxylation is 1. The van der Waals surface area contributed by atoms with Crippen molar-refractivity contribution in [3.05, 3.63) is 65.6 Å². The third kappa shape index (κ3) is 2.53. The molecule has 2 aromatic carbocycles. The second kappa shape index (κ2) is 5.52. The fraction of sp³-hybridized carbons (Fsp3) is 0.118. The van der Waals surface area contributed by atoms with Crippen molar-refractivity contribution in [3.63, 3.8) is 0 Å². The molecular weight excluding hydrogens is 285 g/mol. The lowest BCUT2D eigenvalue weighted by Gasteiger charge is -2.06. The van der Waals surface area contributed by atoms with Crippen LogP contribution in [0.4, 0.5) is 4.39 Å². The summed E-state index contributed by atoms with van der Waals surface area (Å²) in [7, 11) is 1.87. The number of rotatable bonds is 4. The van der Waals surface area contributed by atoms with E-state index in [4.69, 9.17) is 9.84 Å². The maximum Gasteiger partial charge on any atom is 0.335 e. The van der Waals surface area contributed by atoms with Gasteiger partial charge in [-0.2, -0.15) is 0 Å². The topological polar surface area (TPSA) is 51.5 Å². The molecule has 0 spiro atoms. The Morgan fingerprint density at radius 3 is 2.77 bits per heavy atom. The predicted octanol–water partition coefficient (Wildman–Crippen LogP) is 3.59. The molecule has 3 rings (SSSR count). The van der Waals surface area contributed by atoms with E-state index in [1.54, 1.807) is 36.4 Å². The number of aromatic carboxylic acids is 1. The number of para-hydroxylation sites is 1. The van der Waals surface area contributed by atoms with E-state index in [0.29, 0.717) is 0 Å². The molecule has 0 saturated carbocycles. The molecule has 0 bridgehead atoms. The van der Waals surface area contributed by atoms with Gasteiger partial charge in [-0.1, -0.05) is 12.1 Å². The molecule has 0 radical (unpaired) electrons. The smallest absolute Gasteiger partial charge is 0.335 e. The lowest BCUT2D eigenvalue weighted by Crippen LogP contribution is -1.98. The Hall–Kier alpha value is -2.82. The molecule has 0 fully saturated rings. The molecule has 1 N–H and O–H groups in total. The standard InChI is InChI=1S/C17H14FNO3/c1-19-9-12(10-22-16-5-3-2-4-14(16)18)13-8-11(17(20)21)6-7-15(13)19/h2-9H,10H2,1H3,(H,20,21). The van der Waals surface area contributed by atoms with Gasteiger partial charge in [0, 0.05) is 29.7 Å². The largest absolute Gasteiger partial charge is 0.486 e. The first kappa shape index (κ1) is 14.1. The van der Waals surface area contributed by atoms with Crippen molar-refractivity contribution in [1.82, 2.24) is 4.57 Å². The maximum atomic E-state index is 13.6. The van der Waals surface area contributed by atoms with Crippen LogP contribution in [-0.2, 0) is 13.7 Å². The van der Waals surface area contributed by atoms with Crippen LogP contribution < -0.4 is 4.74 Å². The highest BCUT2D eigenvalue weighted by Crippen LogP contribution is 2.24. The SMILES string of the molecule is Cn1cc(COc2ccccc2F)c2cc(C(=O)O)ccc21. The second-order valence-corrected chi connectivity index (χ2v) is 5.02. The van der Waals surface area contributed by atoms with Gasteiger partial charge < -0.3 is 14.4 Å². The minimum absolute atomic E-state index is 0.168. The van der Waals surface area contributed by atoms with Gasteiger partial charge in [-0.15, -0.1) is 0 Å². The molecular formula is C17H14FNO3. The molecule has 1 heterocycles. The number of halogens is 1. The summed E-state index contributed by atoms with van der Waals surface area (Å²) in [4.78, 5) is 11.1. The summed E-state index contributed by atoms with van der Waals surface area (Å²) in [6.45, 7) is 0.168. The average Bonchev–Trinajstić information content (AvgIpc) is 2.82. The Balaban J connectivity index is 1.95. The first-order valence-corrected chi connectivity index (χ1v) is 6.75. The van der Waals surface area contributed by atoms with Crippen molar-refractivity contribution in [2.24, 2.45) is 7.05 Å². The summed E-state index contributed by atoms with van der Waals surface area (Å²) < 4.78 is 21.0. The fourth-order valence-electron chi connectivity index (χ4n) is 2.44. The highest BCUT2D eigenvalue weighted by molar-refractivity contribution is 5.94. The fourth-order valence-corrected chi connectivity index (χ4v) is 2.44. The highest BCUT2D eigenvalue weighted by Gasteiger charge is 2.11. The molecule has 0 aliphatic heterocycles. The van der Waals surface area contributed by atoms with Gasteiger partial charge in [0.25, 0.3) is 0 Å². The number of hydrogen-bond acceptors (Lipinski definition) is 2. The summed E-state index contributed by atoms with van der Waals surface area (Å²) in [5.41, 5.74) is 1.92. The molecule has 3 aromatic rings. The van der Waals surface area contributed by atoms with Gasteiger partial charge in [-0.05, 0) is 30.3 Å². The van der Waals surface area contributed by atoms with Crippen molar-refractivity contribution in [2.75, 3.05) is 0 Å². The van der Waals surface area contributed by atoms with E-state index >= 15 is 0 Å². The quantitative estimate of drug-likeness (QED) is 0.801. The Morgan fingerprint density at radius 2 is 2.05 bits per heavy atom. The molecule has 0 aliphatic rings. The molecule has 0 unspecified atom stereocenters. The number of carbonyl (C=O) groups is 1. The number of carboxylic acid groups (broad SMARTS) is 1. The van der Waals surface area contributed by atoms with Crippen LogP contribution in [0.15, 0.2) is 48.7 Å². The van der Waals surface area contributed by atoms with E-state index in [1.807, 2.05) is 17.8 Å². The summed E-state index contributed by atoms with van der Waals surface area (Å²) in [6.07, 6.45) is 1.86. The summed E-state index contributed by atoms with van der Waals surface area (Å²) >= 11 is 0. The third-order valence-electron chi connectivity index (χ3n) is 3.54. The number of nitrogens with zero attached hydrogens (tertiary/aromatic N) is 1. The monoisotopic (exact) mass is 299 g/mol. The van der Waals surface area contributed by atoms with Crippen molar-refractivity contribution in [3.8, 4) is 5.75 Å². The molecule has 0 atom stereocenters. The van der Waals surface area contributed by atoms with Crippen molar-refractivity contribution in [2.45, 2.75) is 6.61 Å². The van der Waals surface area contributed by atoms with E-state index in [-0.39, 0.29) is 17.9 Å². The van der Waals surface area contributed by atoms with Gasteiger partial charge in [0.15, 0.2) is 11.6 Å². The molecule has 112 valence electrons. The molecule has 0 amide bonds. The van der Waals surface area contributed by atoms with Crippen molar-refractivity contribution in [1.29, 1.82) is 0 Å². The first-order valence-electron chi connectivity index (χ1n) is 6.75. The minimum Gasteiger partial charge on any atom is -0.486 e. The molecule has 0 saturated heterocycles. The lowest BCUT2D eigenvalue weighted by atomic mass is 10.1. The van der Waals surface area contributed by atoms with Crippen LogP contribution in [0, 0.1) is 5.82 Å². The average molecular weight is 299 g/mol. The number of carboxylic acids is 1. The zero-order valence-corrected chi connectivity index (χ0v) is 11.9. The van der Waals surface area contributed by atoms with Crippen molar-refractivity contribution < 1.29 is 19.0 Å². The molecule has 1 aromatic heterocycles. The van der Waals surface area contributed by atoms with Gasteiger partial charge >= 0.3 is 5.97 Å². The van der Waals surface area contributed by atoms with Gasteiger partial charge in [0.05, 0.1) is 5.56 Å². The normalized spacial score (nSPS) is 10.8. The Labute approximate surface area is 126 Å². The highest BCUT2D eigenvalue weighted by atomic mass is 19.1. The van der Waals surface area contributed by atoms with Gasteiger partial charge in [0.1, 0.15) is 6.61 Å². The zero-order chi connectivity index (χ0) is 15.7. The Bertz CT molecular complexity index is 854. The van der Waals surface area contributed by atoms with E-state index < -0.39 is 11.8 Å². The number of aromatic nitrogens is 1. The number of fused-ring (bicyclic) bond motifs is 1. The van der Waals surface area contributed by atoms with E-state index in [1.165, 1.54) is 6.07 Å². The van der Waals surface area contributed by atoms with Crippen LogP contribution in [0.25, 0.3) is 10.9 Å². The molecule has 22 heavy (non-hydrogen) atoms. The number of benzene rings is 2. The van der Waals surface area contributed by atoms with E-state index in [0.717, 1.165) is 16.5 Å². The summed E-state index contributed by atoms with van der Waals surface area (Å²) in [5.74, 6) is -1.23. The predicted molar refractivity (Wildman–Crippen MR) is 80.6 cm³/mol. The van der Waals surface area contributed by atoms with Crippen LogP contribution in [0.1, 0.15) is 15.9 Å². The zero-order valence-electron chi connectivity index (χ0n) is 11.9. The minimum atomic E-state index is -0.980. The molecule has 0 aliphatic carbocycles. The van der Waals surface area contributed by atoms with E-state index in [9.17, 15) is 9.18 Å². The van der Waals surface area contributed by atoms with Crippen LogP contribution in [0.5, 0.6) is 5.75 Å². The number of hydrogen-bond donors (Lipinski definition) is 1. The summed E-state index contributed by atoms with van der Waals surface area (Å²) in [6, 6.07) is 11.1. The second-order valence-electron chi connectivity index (χ2n) is 5.02. The first-order chi connectivity index (χ1) is 10.6. The molecule has 4 nitrogen and oxygen atoms in total. The number of ether oxygens (including phenoxy) is 1. The van der Waals surface area contributed by atoms with Gasteiger partial charge in [-0.3, -0.25) is 0 Å². The van der Waals surface area contributed by atoms with Crippen LogP contribution in [0.3, 0.4) is 0 Å². The summed E-state index contributed by atoms with van der Waals surface area (Å²) in [5, 5.41) is 9.89. The maximum absolute atomic E-state index is 13.6.